The molecular weight excluding hydrogens is 328 g/mol. The maximum Gasteiger partial charge on any atom is 0.268 e. The molecule has 1 aromatic heterocycles. The zero-order chi connectivity index (χ0) is 16.6. The first-order valence-electron chi connectivity index (χ1n) is 6.63. The molecule has 0 saturated carbocycles. The van der Waals surface area contributed by atoms with Gasteiger partial charge in [-0.05, 0) is 24.3 Å². The Bertz CT molecular complexity index is 887. The zero-order valence-electron chi connectivity index (χ0n) is 11.7. The molecule has 1 N–H and O–H groups in total. The van der Waals surface area contributed by atoms with E-state index in [4.69, 9.17) is 0 Å². The molecule has 0 spiro atoms. The Hall–Kier alpha value is -2.55. The predicted molar refractivity (Wildman–Crippen MR) is 78.4 cm³/mol. The summed E-state index contributed by atoms with van der Waals surface area (Å²) in [5, 5.41) is 2.53. The van der Waals surface area contributed by atoms with E-state index < -0.39 is 32.5 Å². The van der Waals surface area contributed by atoms with Crippen LogP contribution < -0.4 is 9.62 Å². The fourth-order valence-corrected chi connectivity index (χ4v) is 3.77. The molecule has 9 heteroatoms. The van der Waals surface area contributed by atoms with Gasteiger partial charge < -0.3 is 5.32 Å². The van der Waals surface area contributed by atoms with Crippen molar-refractivity contribution in [2.75, 3.05) is 16.2 Å². The average molecular weight is 339 g/mol. The van der Waals surface area contributed by atoms with E-state index in [2.05, 4.69) is 10.3 Å². The number of nitrogens with one attached hydrogen (secondary N) is 1. The van der Waals surface area contributed by atoms with Crippen LogP contribution in [0.4, 0.5) is 20.3 Å². The summed E-state index contributed by atoms with van der Waals surface area (Å²) in [6.07, 6.45) is 1.22. The molecule has 0 aliphatic carbocycles. The third kappa shape index (κ3) is 2.63. The number of benzene rings is 1. The number of aromatic nitrogens is 1. The third-order valence-corrected chi connectivity index (χ3v) is 5.13. The van der Waals surface area contributed by atoms with Gasteiger partial charge in [0.25, 0.3) is 10.0 Å². The van der Waals surface area contributed by atoms with Crippen LogP contribution in [-0.4, -0.2) is 25.9 Å². The van der Waals surface area contributed by atoms with Crippen LogP contribution in [0.5, 0.6) is 0 Å². The third-order valence-electron chi connectivity index (χ3n) is 3.32. The van der Waals surface area contributed by atoms with Gasteiger partial charge >= 0.3 is 0 Å². The number of fused-ring (bicyclic) bond motifs is 1. The first kappa shape index (κ1) is 15.3. The van der Waals surface area contributed by atoms with E-state index >= 15 is 0 Å². The molecule has 0 unspecified atom stereocenters. The highest BCUT2D eigenvalue weighted by molar-refractivity contribution is 7.92. The van der Waals surface area contributed by atoms with Crippen LogP contribution >= 0.6 is 0 Å². The minimum absolute atomic E-state index is 0.0398. The second-order valence-corrected chi connectivity index (χ2v) is 6.63. The van der Waals surface area contributed by atoms with Crippen molar-refractivity contribution in [1.82, 2.24) is 4.98 Å². The standard InChI is InChI=1S/C14H11F2N3O3S/c15-9-3-1-5-11(13(9)16)23(21,22)19-8-6-12(20)18-10-4-2-7-17-14(10)19/h1-5,7H,6,8H2,(H,18,20). The highest BCUT2D eigenvalue weighted by Gasteiger charge is 2.33. The number of hydrogen-bond donors (Lipinski definition) is 1. The van der Waals surface area contributed by atoms with Gasteiger partial charge in [-0.1, -0.05) is 6.07 Å². The minimum Gasteiger partial charge on any atom is -0.323 e. The SMILES string of the molecule is O=C1CCN(S(=O)(=O)c2cccc(F)c2F)c2ncccc2N1. The van der Waals surface area contributed by atoms with Gasteiger partial charge in [-0.25, -0.2) is 26.5 Å². The van der Waals surface area contributed by atoms with Gasteiger partial charge in [0.1, 0.15) is 4.90 Å². The molecule has 120 valence electrons. The Morgan fingerprint density at radius 2 is 1.96 bits per heavy atom. The molecule has 2 aromatic rings. The lowest BCUT2D eigenvalue weighted by atomic mass is 10.3. The van der Waals surface area contributed by atoms with Gasteiger partial charge in [0.2, 0.25) is 5.91 Å². The lowest BCUT2D eigenvalue weighted by Gasteiger charge is -2.22. The largest absolute Gasteiger partial charge is 0.323 e. The number of rotatable bonds is 2. The van der Waals surface area contributed by atoms with Crippen molar-refractivity contribution in [3.63, 3.8) is 0 Å². The van der Waals surface area contributed by atoms with Crippen LogP contribution in [-0.2, 0) is 14.8 Å². The van der Waals surface area contributed by atoms with E-state index in [1.54, 1.807) is 0 Å². The van der Waals surface area contributed by atoms with Crippen molar-refractivity contribution in [3.05, 3.63) is 48.2 Å². The van der Waals surface area contributed by atoms with Crippen LogP contribution in [0, 0.1) is 11.6 Å². The molecule has 1 aliphatic rings. The molecule has 0 bridgehead atoms. The molecule has 0 radical (unpaired) electrons. The minimum atomic E-state index is -4.41. The highest BCUT2D eigenvalue weighted by atomic mass is 32.2. The van der Waals surface area contributed by atoms with Crippen LogP contribution in [0.1, 0.15) is 6.42 Å². The normalized spacial score (nSPS) is 14.9. The predicted octanol–water partition coefficient (Wildman–Crippen LogP) is 1.90. The Morgan fingerprint density at radius 3 is 2.74 bits per heavy atom. The van der Waals surface area contributed by atoms with Crippen LogP contribution in [0.2, 0.25) is 0 Å². The highest BCUT2D eigenvalue weighted by Crippen LogP contribution is 2.31. The lowest BCUT2D eigenvalue weighted by Crippen LogP contribution is -2.33. The number of pyridine rings is 1. The average Bonchev–Trinajstić information content (AvgIpc) is 2.68. The lowest BCUT2D eigenvalue weighted by molar-refractivity contribution is -0.115. The van der Waals surface area contributed by atoms with Crippen molar-refractivity contribution in [3.8, 4) is 0 Å². The van der Waals surface area contributed by atoms with Gasteiger partial charge in [0.15, 0.2) is 17.5 Å². The molecule has 1 amide bonds. The van der Waals surface area contributed by atoms with E-state index in [0.29, 0.717) is 0 Å². The molecule has 3 rings (SSSR count). The number of hydrogen-bond acceptors (Lipinski definition) is 4. The van der Waals surface area contributed by atoms with Crippen molar-refractivity contribution < 1.29 is 22.0 Å². The topological polar surface area (TPSA) is 79.4 Å². The van der Waals surface area contributed by atoms with Gasteiger partial charge in [-0.15, -0.1) is 0 Å². The van der Waals surface area contributed by atoms with E-state index in [9.17, 15) is 22.0 Å². The summed E-state index contributed by atoms with van der Waals surface area (Å²) in [6.45, 7) is -0.228. The summed E-state index contributed by atoms with van der Waals surface area (Å²) in [5.74, 6) is -3.16. The molecule has 1 aromatic carbocycles. The Labute approximate surface area is 130 Å². The molecule has 0 atom stereocenters. The van der Waals surface area contributed by atoms with Crippen molar-refractivity contribution in [2.24, 2.45) is 0 Å². The fraction of sp³-hybridized carbons (Fsp3) is 0.143. The fourth-order valence-electron chi connectivity index (χ4n) is 2.25. The number of nitrogens with zero attached hydrogens (tertiary/aromatic N) is 2. The monoisotopic (exact) mass is 339 g/mol. The Kier molecular flexibility index (Phi) is 3.72. The number of halogens is 2. The van der Waals surface area contributed by atoms with Crippen LogP contribution in [0.3, 0.4) is 0 Å². The van der Waals surface area contributed by atoms with Gasteiger partial charge in [0, 0.05) is 19.2 Å². The second kappa shape index (κ2) is 5.58. The first-order valence-corrected chi connectivity index (χ1v) is 8.07. The van der Waals surface area contributed by atoms with Gasteiger partial charge in [-0.2, -0.15) is 0 Å². The Morgan fingerprint density at radius 1 is 1.17 bits per heavy atom. The smallest absolute Gasteiger partial charge is 0.268 e. The summed E-state index contributed by atoms with van der Waals surface area (Å²) in [6, 6.07) is 5.91. The quantitative estimate of drug-likeness (QED) is 0.906. The molecule has 0 saturated heterocycles. The van der Waals surface area contributed by atoms with Crippen molar-refractivity contribution in [1.29, 1.82) is 0 Å². The first-order chi connectivity index (χ1) is 10.9. The number of carbonyl (C=O) groups is 1. The van der Waals surface area contributed by atoms with Gasteiger partial charge in [-0.3, -0.25) is 4.79 Å². The van der Waals surface area contributed by atoms with Crippen molar-refractivity contribution in [2.45, 2.75) is 11.3 Å². The van der Waals surface area contributed by atoms with E-state index in [1.165, 1.54) is 18.3 Å². The number of carbonyl (C=O) groups excluding carboxylic acids is 1. The Balaban J connectivity index is 2.17. The summed E-state index contributed by atoms with van der Waals surface area (Å²) < 4.78 is 53.5. The van der Waals surface area contributed by atoms with Crippen molar-refractivity contribution >= 4 is 27.4 Å². The van der Waals surface area contributed by atoms with Crippen LogP contribution in [0.25, 0.3) is 0 Å². The number of anilines is 2. The van der Waals surface area contributed by atoms with E-state index in [1.807, 2.05) is 0 Å². The molecular formula is C14H11F2N3O3S. The maximum absolute atomic E-state index is 13.9. The summed E-state index contributed by atoms with van der Waals surface area (Å²) in [4.78, 5) is 14.8. The summed E-state index contributed by atoms with van der Waals surface area (Å²) >= 11 is 0. The zero-order valence-corrected chi connectivity index (χ0v) is 12.5. The summed E-state index contributed by atoms with van der Waals surface area (Å²) in [7, 11) is -4.41. The number of amides is 1. The molecule has 6 nitrogen and oxygen atoms in total. The maximum atomic E-state index is 13.9. The molecule has 2 heterocycles. The number of sulfonamides is 1. The van der Waals surface area contributed by atoms with Crippen LogP contribution in [0.15, 0.2) is 41.4 Å². The molecule has 23 heavy (non-hydrogen) atoms. The molecule has 1 aliphatic heterocycles. The molecule has 0 fully saturated rings. The summed E-state index contributed by atoms with van der Waals surface area (Å²) in [5.41, 5.74) is 0.190. The van der Waals surface area contributed by atoms with E-state index in [0.717, 1.165) is 22.5 Å². The second-order valence-electron chi connectivity index (χ2n) is 4.80. The van der Waals surface area contributed by atoms with Gasteiger partial charge in [0.05, 0.1) is 5.69 Å². The van der Waals surface area contributed by atoms with E-state index in [-0.39, 0.29) is 24.5 Å².